The van der Waals surface area contributed by atoms with Crippen molar-refractivity contribution in [3.8, 4) is 0 Å². The smallest absolute Gasteiger partial charge is 0.242 e. The van der Waals surface area contributed by atoms with Crippen LogP contribution >= 0.6 is 0 Å². The Balaban J connectivity index is 1.90. The van der Waals surface area contributed by atoms with Crippen molar-refractivity contribution < 1.29 is 9.59 Å². The van der Waals surface area contributed by atoms with Crippen LogP contribution in [0.15, 0.2) is 84.9 Å². The zero-order valence-electron chi connectivity index (χ0n) is 14.6. The number of ketones is 1. The van der Waals surface area contributed by atoms with Gasteiger partial charge in [0.15, 0.2) is 5.78 Å². The van der Waals surface area contributed by atoms with Gasteiger partial charge in [-0.25, -0.2) is 0 Å². The molecule has 0 N–H and O–H groups in total. The normalized spacial score (nSPS) is 18.7. The summed E-state index contributed by atoms with van der Waals surface area (Å²) in [5.74, 6) is -0.0953. The zero-order chi connectivity index (χ0) is 18.1. The molecule has 3 nitrogen and oxygen atoms in total. The second kappa shape index (κ2) is 6.26. The van der Waals surface area contributed by atoms with E-state index in [9.17, 15) is 9.59 Å². The molecule has 26 heavy (non-hydrogen) atoms. The molecule has 0 aliphatic carbocycles. The first kappa shape index (κ1) is 16.3. The van der Waals surface area contributed by atoms with Gasteiger partial charge >= 0.3 is 0 Å². The van der Waals surface area contributed by atoms with E-state index in [0.29, 0.717) is 5.56 Å². The predicted octanol–water partition coefficient (Wildman–Crippen LogP) is 4.22. The topological polar surface area (TPSA) is 37.4 Å². The van der Waals surface area contributed by atoms with Crippen LogP contribution in [0.1, 0.15) is 27.9 Å². The Morgan fingerprint density at radius 3 is 2.12 bits per heavy atom. The summed E-state index contributed by atoms with van der Waals surface area (Å²) >= 11 is 0. The van der Waals surface area contributed by atoms with Crippen LogP contribution in [0.2, 0.25) is 0 Å². The zero-order valence-corrected chi connectivity index (χ0v) is 14.6. The van der Waals surface area contributed by atoms with E-state index in [0.717, 1.165) is 16.8 Å². The van der Waals surface area contributed by atoms with Crippen LogP contribution in [-0.2, 0) is 10.2 Å². The SMILES string of the molecule is CN1C(=O)[C@](CC(=O)c2ccccc2)(c2ccccc2)c2ccccc21. The molecule has 0 unspecified atom stereocenters. The molecule has 0 saturated heterocycles. The number of amides is 1. The van der Waals surface area contributed by atoms with E-state index in [1.54, 1.807) is 24.1 Å². The summed E-state index contributed by atoms with van der Waals surface area (Å²) in [6.45, 7) is 0. The number of anilines is 1. The van der Waals surface area contributed by atoms with Crippen LogP contribution in [-0.4, -0.2) is 18.7 Å². The van der Waals surface area contributed by atoms with E-state index in [-0.39, 0.29) is 18.1 Å². The number of carbonyl (C=O) groups excluding carboxylic acids is 2. The molecule has 3 aromatic carbocycles. The Kier molecular flexibility index (Phi) is 3.92. The Hall–Kier alpha value is -3.20. The monoisotopic (exact) mass is 341 g/mol. The van der Waals surface area contributed by atoms with Crippen molar-refractivity contribution in [3.63, 3.8) is 0 Å². The lowest BCUT2D eigenvalue weighted by Gasteiger charge is -2.28. The van der Waals surface area contributed by atoms with E-state index in [1.165, 1.54) is 0 Å². The third-order valence-electron chi connectivity index (χ3n) is 5.18. The quantitative estimate of drug-likeness (QED) is 0.666. The Morgan fingerprint density at radius 2 is 1.42 bits per heavy atom. The minimum absolute atomic E-state index is 0.0343. The van der Waals surface area contributed by atoms with Crippen LogP contribution < -0.4 is 4.90 Å². The molecule has 128 valence electrons. The number of hydrogen-bond acceptors (Lipinski definition) is 2. The van der Waals surface area contributed by atoms with Crippen LogP contribution in [0.4, 0.5) is 5.69 Å². The second-order valence-corrected chi connectivity index (χ2v) is 6.62. The van der Waals surface area contributed by atoms with Gasteiger partial charge in [0.25, 0.3) is 0 Å². The molecule has 3 heteroatoms. The number of likely N-dealkylation sites (N-methyl/N-ethyl adjacent to an activating group) is 1. The number of Topliss-reactive ketones (excluding diaryl/α,β-unsaturated/α-hetero) is 1. The van der Waals surface area contributed by atoms with Gasteiger partial charge in [0.05, 0.1) is 0 Å². The molecule has 0 bridgehead atoms. The summed E-state index contributed by atoms with van der Waals surface area (Å²) in [7, 11) is 1.78. The summed E-state index contributed by atoms with van der Waals surface area (Å²) < 4.78 is 0. The molecule has 3 aromatic rings. The van der Waals surface area contributed by atoms with Gasteiger partial charge in [-0.15, -0.1) is 0 Å². The van der Waals surface area contributed by atoms with Crippen molar-refractivity contribution in [1.82, 2.24) is 0 Å². The van der Waals surface area contributed by atoms with Gasteiger partial charge < -0.3 is 4.90 Å². The third kappa shape index (κ3) is 2.36. The van der Waals surface area contributed by atoms with Crippen LogP contribution in [0.25, 0.3) is 0 Å². The lowest BCUT2D eigenvalue weighted by atomic mass is 9.71. The molecule has 1 heterocycles. The Labute approximate surface area is 152 Å². The highest BCUT2D eigenvalue weighted by Gasteiger charge is 2.51. The van der Waals surface area contributed by atoms with Gasteiger partial charge in [-0.05, 0) is 17.2 Å². The molecule has 1 atom stereocenters. The van der Waals surface area contributed by atoms with Crippen LogP contribution in [0, 0.1) is 0 Å². The molecular formula is C23H19NO2. The van der Waals surface area contributed by atoms with Crippen molar-refractivity contribution in [3.05, 3.63) is 102 Å². The van der Waals surface area contributed by atoms with Crippen molar-refractivity contribution >= 4 is 17.4 Å². The average molecular weight is 341 g/mol. The highest BCUT2D eigenvalue weighted by Crippen LogP contribution is 2.48. The maximum atomic E-state index is 13.4. The molecule has 0 radical (unpaired) electrons. The predicted molar refractivity (Wildman–Crippen MR) is 102 cm³/mol. The first-order chi connectivity index (χ1) is 12.6. The van der Waals surface area contributed by atoms with Gasteiger partial charge in [0, 0.05) is 24.7 Å². The largest absolute Gasteiger partial charge is 0.314 e. The lowest BCUT2D eigenvalue weighted by Crippen LogP contribution is -2.41. The molecule has 0 saturated carbocycles. The van der Waals surface area contributed by atoms with Crippen molar-refractivity contribution in [1.29, 1.82) is 0 Å². The Morgan fingerprint density at radius 1 is 0.846 bits per heavy atom. The van der Waals surface area contributed by atoms with E-state index < -0.39 is 5.41 Å². The number of rotatable bonds is 4. The molecule has 1 amide bonds. The first-order valence-electron chi connectivity index (χ1n) is 8.66. The lowest BCUT2D eigenvalue weighted by molar-refractivity contribution is -0.121. The summed E-state index contributed by atoms with van der Waals surface area (Å²) in [6.07, 6.45) is 0.112. The number of carbonyl (C=O) groups is 2. The second-order valence-electron chi connectivity index (χ2n) is 6.62. The highest BCUT2D eigenvalue weighted by molar-refractivity contribution is 6.13. The molecule has 4 rings (SSSR count). The fourth-order valence-corrected chi connectivity index (χ4v) is 3.88. The fourth-order valence-electron chi connectivity index (χ4n) is 3.88. The van der Waals surface area contributed by atoms with Crippen LogP contribution in [0.5, 0.6) is 0 Å². The molecule has 0 fully saturated rings. The van der Waals surface area contributed by atoms with Gasteiger partial charge in [0.1, 0.15) is 5.41 Å². The maximum Gasteiger partial charge on any atom is 0.242 e. The van der Waals surface area contributed by atoms with Crippen LogP contribution in [0.3, 0.4) is 0 Å². The summed E-state index contributed by atoms with van der Waals surface area (Å²) in [6, 6.07) is 26.5. The molecular weight excluding hydrogens is 322 g/mol. The van der Waals surface area contributed by atoms with E-state index >= 15 is 0 Å². The average Bonchev–Trinajstić information content (AvgIpc) is 2.92. The number of hydrogen-bond donors (Lipinski definition) is 0. The molecule has 1 aliphatic heterocycles. The standard InChI is InChI=1S/C23H19NO2/c1-24-20-15-9-8-14-19(20)23(22(24)26,18-12-6-3-7-13-18)16-21(25)17-10-4-2-5-11-17/h2-15H,16H2,1H3/t23-/m1/s1. The maximum absolute atomic E-state index is 13.4. The van der Waals surface area contributed by atoms with E-state index in [4.69, 9.17) is 0 Å². The first-order valence-corrected chi connectivity index (χ1v) is 8.66. The molecule has 1 aliphatic rings. The number of nitrogens with zero attached hydrogens (tertiary/aromatic N) is 1. The van der Waals surface area contributed by atoms with Crippen molar-refractivity contribution in [2.75, 3.05) is 11.9 Å². The number of para-hydroxylation sites is 1. The minimum Gasteiger partial charge on any atom is -0.314 e. The van der Waals surface area contributed by atoms with Crippen molar-refractivity contribution in [2.45, 2.75) is 11.8 Å². The highest BCUT2D eigenvalue weighted by atomic mass is 16.2. The van der Waals surface area contributed by atoms with Gasteiger partial charge in [0.2, 0.25) is 5.91 Å². The van der Waals surface area contributed by atoms with Gasteiger partial charge in [-0.1, -0.05) is 78.9 Å². The fraction of sp³-hybridized carbons (Fsp3) is 0.130. The van der Waals surface area contributed by atoms with E-state index in [2.05, 4.69) is 0 Å². The third-order valence-corrected chi connectivity index (χ3v) is 5.18. The summed E-state index contributed by atoms with van der Waals surface area (Å²) in [5, 5.41) is 0. The minimum atomic E-state index is -0.987. The summed E-state index contributed by atoms with van der Waals surface area (Å²) in [5.41, 5.74) is 2.25. The van der Waals surface area contributed by atoms with E-state index in [1.807, 2.05) is 72.8 Å². The Bertz CT molecular complexity index is 966. The van der Waals surface area contributed by atoms with Gasteiger partial charge in [-0.3, -0.25) is 9.59 Å². The molecule has 0 aromatic heterocycles. The van der Waals surface area contributed by atoms with Crippen molar-refractivity contribution in [2.24, 2.45) is 0 Å². The number of benzene rings is 3. The number of fused-ring (bicyclic) bond motifs is 1. The molecule has 0 spiro atoms. The summed E-state index contributed by atoms with van der Waals surface area (Å²) in [4.78, 5) is 28.2. The van der Waals surface area contributed by atoms with Gasteiger partial charge in [-0.2, -0.15) is 0 Å².